The van der Waals surface area contributed by atoms with Gasteiger partial charge in [0.15, 0.2) is 23.3 Å². The van der Waals surface area contributed by atoms with Crippen molar-refractivity contribution in [1.82, 2.24) is 20.3 Å². The average molecular weight is 1480 g/mol. The fourth-order valence-corrected chi connectivity index (χ4v) is 17.6. The van der Waals surface area contributed by atoms with Gasteiger partial charge in [-0.3, -0.25) is 0 Å². The van der Waals surface area contributed by atoms with E-state index in [2.05, 4.69) is 327 Å². The molecule has 1 aliphatic rings. The molecule has 5 aromatic heterocycles. The first-order valence-corrected chi connectivity index (χ1v) is 39.1. The van der Waals surface area contributed by atoms with Crippen LogP contribution in [0.2, 0.25) is 0 Å². The summed E-state index contributed by atoms with van der Waals surface area (Å²) in [5.41, 5.74) is 22.4. The summed E-state index contributed by atoms with van der Waals surface area (Å²) in [6.07, 6.45) is -0.470. The zero-order valence-corrected chi connectivity index (χ0v) is 62.1. The molecule has 23 aromatic rings. The Hall–Kier alpha value is -15.7. The summed E-state index contributed by atoms with van der Waals surface area (Å²) >= 11 is 0. The number of nitrogens with one attached hydrogen (secondary N) is 1. The first-order valence-electron chi connectivity index (χ1n) is 39.1. The van der Waals surface area contributed by atoms with E-state index in [1.807, 2.05) is 42.5 Å². The van der Waals surface area contributed by atoms with Crippen molar-refractivity contribution in [3.05, 3.63) is 381 Å². The topological polar surface area (TPSA) is 128 Å². The van der Waals surface area contributed by atoms with E-state index in [4.69, 9.17) is 42.6 Å². The van der Waals surface area contributed by atoms with Gasteiger partial charge in [-0.15, -0.1) is 0 Å². The van der Waals surface area contributed by atoms with E-state index in [1.165, 1.54) is 0 Å². The van der Waals surface area contributed by atoms with Gasteiger partial charge in [0.05, 0.1) is 0 Å². The molecule has 116 heavy (non-hydrogen) atoms. The lowest BCUT2D eigenvalue weighted by atomic mass is 9.92. The molecule has 0 fully saturated rings. The molecule has 0 aliphatic carbocycles. The molecule has 0 radical (unpaired) electrons. The molecule has 0 amide bonds. The van der Waals surface area contributed by atoms with Crippen molar-refractivity contribution in [1.29, 1.82) is 0 Å². The minimum absolute atomic E-state index is 0.470. The number of furan rings is 4. The van der Waals surface area contributed by atoms with Crippen LogP contribution in [-0.4, -0.2) is 26.6 Å². The van der Waals surface area contributed by atoms with Gasteiger partial charge in [-0.25, -0.2) is 24.9 Å². The number of amidine groups is 2. The molecule has 0 bridgehead atoms. The average Bonchev–Trinajstić information content (AvgIpc) is 1.56. The Balaban J connectivity index is 0.592. The zero-order valence-electron chi connectivity index (χ0n) is 62.1. The van der Waals surface area contributed by atoms with Crippen molar-refractivity contribution in [2.24, 2.45) is 9.98 Å². The van der Waals surface area contributed by atoms with E-state index in [-0.39, 0.29) is 0 Å². The Bertz CT molecular complexity index is 8110. The molecule has 1 aliphatic heterocycles. The molecule has 10 nitrogen and oxygen atoms in total. The van der Waals surface area contributed by atoms with Crippen LogP contribution in [0, 0.1) is 0 Å². The molecule has 24 rings (SSSR count). The minimum atomic E-state index is -0.470. The summed E-state index contributed by atoms with van der Waals surface area (Å²) < 4.78 is 27.3. The number of para-hydroxylation sites is 1. The van der Waals surface area contributed by atoms with Crippen LogP contribution < -0.4 is 5.32 Å². The van der Waals surface area contributed by atoms with Crippen LogP contribution in [-0.2, 0) is 0 Å². The van der Waals surface area contributed by atoms with Crippen molar-refractivity contribution in [3.63, 3.8) is 0 Å². The second kappa shape index (κ2) is 26.0. The van der Waals surface area contributed by atoms with Crippen molar-refractivity contribution >= 4 is 143 Å². The third-order valence-electron chi connectivity index (χ3n) is 23.3. The Morgan fingerprint density at radius 1 is 0.224 bits per heavy atom. The van der Waals surface area contributed by atoms with Gasteiger partial charge >= 0.3 is 0 Å². The molecular weight excluding hydrogens is 1420 g/mol. The molecule has 0 saturated carbocycles. The summed E-state index contributed by atoms with van der Waals surface area (Å²) in [6.45, 7) is 0. The number of rotatable bonds is 11. The quantitative estimate of drug-likeness (QED) is 0.136. The highest BCUT2D eigenvalue weighted by atomic mass is 16.3. The number of aromatic nitrogens is 3. The van der Waals surface area contributed by atoms with Gasteiger partial charge in [0, 0.05) is 70.9 Å². The number of nitrogens with zero attached hydrogens (tertiary/aromatic N) is 5. The van der Waals surface area contributed by atoms with E-state index in [1.54, 1.807) is 0 Å². The number of hydrogen-bond acceptors (Lipinski definition) is 10. The maximum atomic E-state index is 6.94. The Morgan fingerprint density at radius 2 is 0.664 bits per heavy atom. The number of aliphatic imine (C=N–C) groups is 2. The Kier molecular flexibility index (Phi) is 14.6. The van der Waals surface area contributed by atoms with Crippen LogP contribution in [0.1, 0.15) is 22.9 Å². The standard InChI is InChI=1S/C106H62N6O4/c1-3-16-61(17-4-1)65-32-38-67(39-33-65)101-107-103(76-46-36-63-20-7-9-22-69(63)52-76)110-105(109-101)84-27-15-31-92-99(84)97-82(26-14-30-91(97)115-92)81-25-13-29-90-96(81)87-56-73-44-42-72(55-79(73)60-95(87)116-90)71-43-45-74-59-94-86(58-78(74)54-71)85-57-75(48-50-89(85)114-94)80-49-51-93-98(83-24-11-12-28-88(83)113-93)100(80)106-111-102(68-40-34-66(35-41-68)62-18-5-2-6-19-62)108-104(112-106)77-47-37-64-21-8-10-23-70(64)53-77/h1-60,104H,(H,108,111,112). The highest BCUT2D eigenvalue weighted by Gasteiger charge is 2.29. The predicted molar refractivity (Wildman–Crippen MR) is 474 cm³/mol. The van der Waals surface area contributed by atoms with Crippen molar-refractivity contribution < 1.29 is 17.7 Å². The van der Waals surface area contributed by atoms with Gasteiger partial charge in [-0.05, 0) is 201 Å². The van der Waals surface area contributed by atoms with E-state index >= 15 is 0 Å². The first-order chi connectivity index (χ1) is 57.4. The Morgan fingerprint density at radius 3 is 1.40 bits per heavy atom. The highest BCUT2D eigenvalue weighted by Crippen LogP contribution is 2.48. The van der Waals surface area contributed by atoms with Crippen molar-refractivity contribution in [3.8, 4) is 89.8 Å². The maximum absolute atomic E-state index is 6.94. The SMILES string of the molecule is c1ccc(-c2ccc(C3=NC(c4ccc5ccccc5c4)NC(c4c(-c5ccc6oc7cc8ccc(-c9ccc%10cc%11c(cc%10c9)oc9cccc(-c%10cccc%12oc%13cccc(-c%14nc(-c%15ccc(-c%16ccccc%16)cc%15)nc(-c%15ccc%16ccccc%16c%15)n%14)c%13c%10%12)c9%11)cc8cc7c6c5)ccc5oc6ccccc6c45)=N3)cc2)cc1. The molecule has 6 heterocycles. The number of benzene rings is 18. The lowest BCUT2D eigenvalue weighted by Gasteiger charge is -2.25. The van der Waals surface area contributed by atoms with Crippen molar-refractivity contribution in [2.45, 2.75) is 6.17 Å². The van der Waals surface area contributed by atoms with E-state index in [0.717, 1.165) is 220 Å². The molecule has 1 N–H and O–H groups in total. The van der Waals surface area contributed by atoms with Gasteiger partial charge in [-0.2, -0.15) is 0 Å². The molecule has 1 unspecified atom stereocenters. The lowest BCUT2D eigenvalue weighted by molar-refractivity contribution is 0.667. The third-order valence-corrected chi connectivity index (χ3v) is 23.3. The smallest absolute Gasteiger partial charge is 0.164 e. The highest BCUT2D eigenvalue weighted by molar-refractivity contribution is 6.26. The van der Waals surface area contributed by atoms with Crippen LogP contribution in [0.15, 0.2) is 392 Å². The lowest BCUT2D eigenvalue weighted by Crippen LogP contribution is -2.34. The van der Waals surface area contributed by atoms with E-state index in [9.17, 15) is 0 Å². The summed E-state index contributed by atoms with van der Waals surface area (Å²) in [5.74, 6) is 3.02. The van der Waals surface area contributed by atoms with Crippen LogP contribution >= 0.6 is 0 Å². The van der Waals surface area contributed by atoms with E-state index < -0.39 is 6.17 Å². The summed E-state index contributed by atoms with van der Waals surface area (Å²) in [7, 11) is 0. The molecule has 1 atom stereocenters. The second-order valence-electron chi connectivity index (χ2n) is 30.2. The molecular formula is C106H62N6O4. The zero-order chi connectivity index (χ0) is 76.1. The van der Waals surface area contributed by atoms with Gasteiger partial charge in [0.2, 0.25) is 0 Å². The van der Waals surface area contributed by atoms with Crippen LogP contribution in [0.25, 0.3) is 221 Å². The number of fused-ring (bicyclic) bond motifs is 16. The summed E-state index contributed by atoms with van der Waals surface area (Å²) in [4.78, 5) is 26.9. The summed E-state index contributed by atoms with van der Waals surface area (Å²) in [6, 6.07) is 128. The largest absolute Gasteiger partial charge is 0.456 e. The third kappa shape index (κ3) is 10.8. The second-order valence-corrected chi connectivity index (χ2v) is 30.2. The Labute approximate surface area is 662 Å². The van der Waals surface area contributed by atoms with Crippen LogP contribution in [0.3, 0.4) is 0 Å². The van der Waals surface area contributed by atoms with Crippen LogP contribution in [0.4, 0.5) is 0 Å². The van der Waals surface area contributed by atoms with Gasteiger partial charge in [0.1, 0.15) is 56.7 Å². The summed E-state index contributed by atoms with van der Waals surface area (Å²) in [5, 5.41) is 20.7. The van der Waals surface area contributed by atoms with Crippen LogP contribution in [0.5, 0.6) is 0 Å². The van der Waals surface area contributed by atoms with E-state index in [0.29, 0.717) is 29.1 Å². The number of hydrogen-bond donors (Lipinski definition) is 1. The molecule has 0 spiro atoms. The molecule has 0 saturated heterocycles. The normalized spacial score (nSPS) is 13.3. The molecule has 540 valence electrons. The minimum Gasteiger partial charge on any atom is -0.456 e. The van der Waals surface area contributed by atoms with Crippen molar-refractivity contribution in [2.75, 3.05) is 0 Å². The predicted octanol–water partition coefficient (Wildman–Crippen LogP) is 27.9. The van der Waals surface area contributed by atoms with Gasteiger partial charge in [-0.1, -0.05) is 267 Å². The monoisotopic (exact) mass is 1480 g/mol. The fourth-order valence-electron chi connectivity index (χ4n) is 17.6. The van der Waals surface area contributed by atoms with Gasteiger partial charge in [0.25, 0.3) is 0 Å². The molecule has 18 aromatic carbocycles. The van der Waals surface area contributed by atoms with Gasteiger partial charge < -0.3 is 23.0 Å². The molecule has 10 heteroatoms. The maximum Gasteiger partial charge on any atom is 0.164 e. The first kappa shape index (κ1) is 65.1. The fraction of sp³-hybridized carbons (Fsp3) is 0.00943.